The Morgan fingerprint density at radius 2 is 2.07 bits per heavy atom. The molecule has 1 aromatic rings. The van der Waals surface area contributed by atoms with Crippen LogP contribution in [0.2, 0.25) is 5.02 Å². The zero-order valence-electron chi connectivity index (χ0n) is 8.70. The molecule has 0 spiro atoms. The molecule has 1 rings (SSSR count). The smallest absolute Gasteiger partial charge is 0.132 e. The molecule has 0 aliphatic carbocycles. The second-order valence-corrected chi connectivity index (χ2v) is 4.23. The molecule has 0 unspecified atom stereocenters. The lowest BCUT2D eigenvalue weighted by atomic mass is 9.89. The molecular formula is C11H15ClFN. The summed E-state index contributed by atoms with van der Waals surface area (Å²) in [6, 6.07) is 3.35. The van der Waals surface area contributed by atoms with Crippen LogP contribution in [0.1, 0.15) is 31.4 Å². The molecule has 1 aromatic carbocycles. The molecule has 1 atom stereocenters. The van der Waals surface area contributed by atoms with Crippen LogP contribution in [-0.2, 0) is 5.54 Å². The number of hydrogen-bond donors (Lipinski definition) is 1. The van der Waals surface area contributed by atoms with E-state index in [1.165, 1.54) is 0 Å². The quantitative estimate of drug-likeness (QED) is 0.804. The van der Waals surface area contributed by atoms with Gasteiger partial charge in [0.05, 0.1) is 0 Å². The van der Waals surface area contributed by atoms with Gasteiger partial charge in [-0.2, -0.15) is 0 Å². The predicted octanol–water partition coefficient (Wildman–Crippen LogP) is 3.37. The van der Waals surface area contributed by atoms with Gasteiger partial charge < -0.3 is 5.73 Å². The molecule has 0 heterocycles. The third-order valence-corrected chi connectivity index (χ3v) is 2.90. The van der Waals surface area contributed by atoms with Gasteiger partial charge in [-0.15, -0.1) is 0 Å². The fourth-order valence-electron chi connectivity index (χ4n) is 1.36. The Labute approximate surface area is 89.1 Å². The first-order valence-corrected chi connectivity index (χ1v) is 5.02. The first-order chi connectivity index (χ1) is 6.40. The molecule has 78 valence electrons. The summed E-state index contributed by atoms with van der Waals surface area (Å²) < 4.78 is 13.8. The minimum atomic E-state index is -0.701. The lowest BCUT2D eigenvalue weighted by molar-refractivity contribution is 0.444. The van der Waals surface area contributed by atoms with Gasteiger partial charge in [0.15, 0.2) is 0 Å². The minimum Gasteiger partial charge on any atom is -0.321 e. The Hall–Kier alpha value is -0.600. The molecule has 0 aromatic heterocycles. The van der Waals surface area contributed by atoms with Crippen molar-refractivity contribution in [2.45, 2.75) is 32.7 Å². The zero-order valence-corrected chi connectivity index (χ0v) is 9.45. The largest absolute Gasteiger partial charge is 0.321 e. The number of hydrogen-bond acceptors (Lipinski definition) is 1. The van der Waals surface area contributed by atoms with E-state index in [0.29, 0.717) is 22.6 Å². The van der Waals surface area contributed by atoms with Crippen LogP contribution in [-0.4, -0.2) is 0 Å². The normalized spacial score (nSPS) is 15.3. The van der Waals surface area contributed by atoms with Crippen molar-refractivity contribution in [1.29, 1.82) is 0 Å². The SMILES string of the molecule is CC[C@](C)(N)c1c(Cl)ccc(C)c1F. The average Bonchev–Trinajstić information content (AvgIpc) is 2.12. The number of aryl methyl sites for hydroxylation is 1. The molecule has 0 fully saturated rings. The summed E-state index contributed by atoms with van der Waals surface area (Å²) in [5.41, 5.74) is 6.28. The van der Waals surface area contributed by atoms with Crippen molar-refractivity contribution in [2.24, 2.45) is 5.73 Å². The Morgan fingerprint density at radius 1 is 1.50 bits per heavy atom. The van der Waals surface area contributed by atoms with E-state index in [1.54, 1.807) is 26.0 Å². The van der Waals surface area contributed by atoms with Gasteiger partial charge in [-0.05, 0) is 31.9 Å². The Bertz CT molecular complexity index is 347. The van der Waals surface area contributed by atoms with E-state index in [9.17, 15) is 4.39 Å². The number of halogens is 2. The van der Waals surface area contributed by atoms with Gasteiger partial charge >= 0.3 is 0 Å². The average molecular weight is 216 g/mol. The van der Waals surface area contributed by atoms with Crippen LogP contribution in [0.25, 0.3) is 0 Å². The van der Waals surface area contributed by atoms with Crippen LogP contribution in [0.15, 0.2) is 12.1 Å². The molecule has 0 radical (unpaired) electrons. The summed E-state index contributed by atoms with van der Waals surface area (Å²) in [5.74, 6) is -0.288. The van der Waals surface area contributed by atoms with E-state index in [1.807, 2.05) is 6.92 Å². The molecule has 0 bridgehead atoms. The van der Waals surface area contributed by atoms with E-state index in [-0.39, 0.29) is 5.82 Å². The second-order valence-electron chi connectivity index (χ2n) is 3.82. The molecular weight excluding hydrogens is 201 g/mol. The second kappa shape index (κ2) is 3.87. The van der Waals surface area contributed by atoms with Crippen molar-refractivity contribution in [1.82, 2.24) is 0 Å². The van der Waals surface area contributed by atoms with Gasteiger partial charge in [0, 0.05) is 16.1 Å². The summed E-state index contributed by atoms with van der Waals surface area (Å²) in [5, 5.41) is 0.403. The van der Waals surface area contributed by atoms with Gasteiger partial charge in [0.2, 0.25) is 0 Å². The molecule has 2 N–H and O–H groups in total. The molecule has 14 heavy (non-hydrogen) atoms. The summed E-state index contributed by atoms with van der Waals surface area (Å²) >= 11 is 5.94. The van der Waals surface area contributed by atoms with Gasteiger partial charge in [0.25, 0.3) is 0 Å². The molecule has 0 aliphatic heterocycles. The van der Waals surface area contributed by atoms with Crippen LogP contribution in [0, 0.1) is 12.7 Å². The highest BCUT2D eigenvalue weighted by Gasteiger charge is 2.26. The molecule has 0 saturated heterocycles. The summed E-state index contributed by atoms with van der Waals surface area (Å²) in [7, 11) is 0. The van der Waals surface area contributed by atoms with Gasteiger partial charge in [0.1, 0.15) is 5.82 Å². The summed E-state index contributed by atoms with van der Waals surface area (Å²) in [6.45, 7) is 5.41. The fourth-order valence-corrected chi connectivity index (χ4v) is 1.72. The lowest BCUT2D eigenvalue weighted by Gasteiger charge is -2.25. The van der Waals surface area contributed by atoms with Crippen molar-refractivity contribution in [2.75, 3.05) is 0 Å². The van der Waals surface area contributed by atoms with Crippen LogP contribution >= 0.6 is 11.6 Å². The maximum Gasteiger partial charge on any atom is 0.132 e. The van der Waals surface area contributed by atoms with E-state index < -0.39 is 5.54 Å². The Morgan fingerprint density at radius 3 is 2.57 bits per heavy atom. The van der Waals surface area contributed by atoms with Crippen LogP contribution in [0.4, 0.5) is 4.39 Å². The van der Waals surface area contributed by atoms with Crippen LogP contribution in [0.5, 0.6) is 0 Å². The van der Waals surface area contributed by atoms with E-state index in [4.69, 9.17) is 17.3 Å². The molecule has 0 aliphatic rings. The third kappa shape index (κ3) is 1.91. The summed E-state index contributed by atoms with van der Waals surface area (Å²) in [6.07, 6.45) is 0.646. The van der Waals surface area contributed by atoms with E-state index >= 15 is 0 Å². The highest BCUT2D eigenvalue weighted by molar-refractivity contribution is 6.31. The maximum atomic E-state index is 13.8. The van der Waals surface area contributed by atoms with Crippen molar-refractivity contribution < 1.29 is 4.39 Å². The monoisotopic (exact) mass is 215 g/mol. The maximum absolute atomic E-state index is 13.8. The Kier molecular flexibility index (Phi) is 3.17. The lowest BCUT2D eigenvalue weighted by Crippen LogP contribution is -2.33. The number of benzene rings is 1. The first-order valence-electron chi connectivity index (χ1n) is 4.64. The standard InChI is InChI=1S/C11H15ClFN/c1-4-11(3,14)9-8(12)6-5-7(2)10(9)13/h5-6H,4,14H2,1-3H3/t11-/m0/s1. The molecule has 0 amide bonds. The molecule has 0 saturated carbocycles. The van der Waals surface area contributed by atoms with Gasteiger partial charge in [-0.3, -0.25) is 0 Å². The minimum absolute atomic E-state index is 0.288. The van der Waals surface area contributed by atoms with E-state index in [2.05, 4.69) is 0 Å². The van der Waals surface area contributed by atoms with Crippen molar-refractivity contribution in [3.8, 4) is 0 Å². The molecule has 3 heteroatoms. The topological polar surface area (TPSA) is 26.0 Å². The fraction of sp³-hybridized carbons (Fsp3) is 0.455. The number of nitrogens with two attached hydrogens (primary N) is 1. The van der Waals surface area contributed by atoms with E-state index in [0.717, 1.165) is 0 Å². The highest BCUT2D eigenvalue weighted by atomic mass is 35.5. The van der Waals surface area contributed by atoms with Crippen molar-refractivity contribution in [3.05, 3.63) is 34.1 Å². The van der Waals surface area contributed by atoms with Gasteiger partial charge in [-0.1, -0.05) is 24.6 Å². The Balaban J connectivity index is 3.40. The van der Waals surface area contributed by atoms with Crippen molar-refractivity contribution >= 4 is 11.6 Å². The summed E-state index contributed by atoms with van der Waals surface area (Å²) in [4.78, 5) is 0. The van der Waals surface area contributed by atoms with Crippen LogP contribution in [0.3, 0.4) is 0 Å². The van der Waals surface area contributed by atoms with Crippen LogP contribution < -0.4 is 5.73 Å². The highest BCUT2D eigenvalue weighted by Crippen LogP contribution is 2.32. The number of rotatable bonds is 2. The van der Waals surface area contributed by atoms with Gasteiger partial charge in [-0.25, -0.2) is 4.39 Å². The van der Waals surface area contributed by atoms with Crippen molar-refractivity contribution in [3.63, 3.8) is 0 Å². The third-order valence-electron chi connectivity index (χ3n) is 2.59. The molecule has 1 nitrogen and oxygen atoms in total. The zero-order chi connectivity index (χ0) is 10.9. The predicted molar refractivity (Wildman–Crippen MR) is 58.0 cm³/mol. The first kappa shape index (κ1) is 11.5.